The number of nitrogens with zero attached hydrogens (tertiary/aromatic N) is 1. The van der Waals surface area contributed by atoms with Crippen LogP contribution >= 0.6 is 0 Å². The highest BCUT2D eigenvalue weighted by Crippen LogP contribution is 2.03. The Morgan fingerprint density at radius 1 is 1.29 bits per heavy atom. The van der Waals surface area contributed by atoms with Gasteiger partial charge in [0.1, 0.15) is 0 Å². The van der Waals surface area contributed by atoms with Crippen molar-refractivity contribution in [1.82, 2.24) is 10.6 Å². The van der Waals surface area contributed by atoms with Crippen LogP contribution in [0.15, 0.2) is 24.3 Å². The van der Waals surface area contributed by atoms with Gasteiger partial charge >= 0.3 is 11.8 Å². The van der Waals surface area contributed by atoms with E-state index in [1.54, 1.807) is 31.2 Å². The number of hydrogen-bond acceptors (Lipinski definition) is 3. The van der Waals surface area contributed by atoms with Crippen molar-refractivity contribution in [1.29, 1.82) is 5.26 Å². The summed E-state index contributed by atoms with van der Waals surface area (Å²) in [4.78, 5) is 22.4. The molecule has 0 atom stereocenters. The summed E-state index contributed by atoms with van der Waals surface area (Å²) in [6.07, 6.45) is 0. The van der Waals surface area contributed by atoms with Gasteiger partial charge in [0, 0.05) is 13.1 Å². The molecule has 0 aromatic heterocycles. The fraction of sp³-hybridized carbons (Fsp3) is 0.250. The highest BCUT2D eigenvalue weighted by Gasteiger charge is 2.10. The highest BCUT2D eigenvalue weighted by molar-refractivity contribution is 6.35. The topological polar surface area (TPSA) is 82.0 Å². The largest absolute Gasteiger partial charge is 0.348 e. The summed E-state index contributed by atoms with van der Waals surface area (Å²) in [5, 5.41) is 13.6. The Labute approximate surface area is 99.4 Å². The molecule has 5 heteroatoms. The summed E-state index contributed by atoms with van der Waals surface area (Å²) in [6.45, 7) is 2.38. The minimum atomic E-state index is -0.672. The molecule has 0 heterocycles. The number of nitrogens with one attached hydrogen (secondary N) is 2. The summed E-state index contributed by atoms with van der Waals surface area (Å²) >= 11 is 0. The first-order chi connectivity index (χ1) is 8.17. The zero-order chi connectivity index (χ0) is 12.7. The molecule has 1 rings (SSSR count). The van der Waals surface area contributed by atoms with Crippen molar-refractivity contribution < 1.29 is 9.59 Å². The van der Waals surface area contributed by atoms with E-state index < -0.39 is 11.8 Å². The van der Waals surface area contributed by atoms with Gasteiger partial charge in [0.15, 0.2) is 0 Å². The Balaban J connectivity index is 2.53. The first kappa shape index (κ1) is 12.7. The Hall–Kier alpha value is -2.35. The number of carbonyl (C=O) groups excluding carboxylic acids is 2. The minimum absolute atomic E-state index is 0.228. The molecule has 0 aliphatic carbocycles. The fourth-order valence-corrected chi connectivity index (χ4v) is 1.25. The van der Waals surface area contributed by atoms with E-state index in [0.717, 1.165) is 5.56 Å². The molecule has 5 nitrogen and oxygen atoms in total. The van der Waals surface area contributed by atoms with Crippen LogP contribution in [0.4, 0.5) is 0 Å². The van der Waals surface area contributed by atoms with Crippen LogP contribution in [0, 0.1) is 11.3 Å². The molecule has 0 aliphatic rings. The maximum absolute atomic E-state index is 11.3. The van der Waals surface area contributed by atoms with Crippen LogP contribution in [0.5, 0.6) is 0 Å². The molecule has 0 fully saturated rings. The van der Waals surface area contributed by atoms with Crippen LogP contribution in [-0.4, -0.2) is 18.4 Å². The Morgan fingerprint density at radius 3 is 2.65 bits per heavy atom. The van der Waals surface area contributed by atoms with Crippen LogP contribution in [-0.2, 0) is 16.1 Å². The summed E-state index contributed by atoms with van der Waals surface area (Å²) in [6, 6.07) is 8.85. The summed E-state index contributed by atoms with van der Waals surface area (Å²) in [7, 11) is 0. The number of benzene rings is 1. The van der Waals surface area contributed by atoms with E-state index in [1.165, 1.54) is 0 Å². The number of nitriles is 1. The van der Waals surface area contributed by atoms with Crippen LogP contribution < -0.4 is 10.6 Å². The maximum Gasteiger partial charge on any atom is 0.309 e. The molecule has 88 valence electrons. The molecule has 0 unspecified atom stereocenters. The van der Waals surface area contributed by atoms with E-state index in [1.807, 2.05) is 6.07 Å². The molecule has 17 heavy (non-hydrogen) atoms. The normalized spacial score (nSPS) is 9.18. The Morgan fingerprint density at radius 2 is 2.00 bits per heavy atom. The number of rotatable bonds is 3. The lowest BCUT2D eigenvalue weighted by molar-refractivity contribution is -0.139. The molecule has 0 saturated heterocycles. The lowest BCUT2D eigenvalue weighted by Crippen LogP contribution is -2.39. The molecule has 0 radical (unpaired) electrons. The summed E-state index contributed by atoms with van der Waals surface area (Å²) in [5.41, 5.74) is 1.30. The zero-order valence-corrected chi connectivity index (χ0v) is 9.49. The van der Waals surface area contributed by atoms with Gasteiger partial charge in [-0.05, 0) is 24.6 Å². The van der Waals surface area contributed by atoms with E-state index in [-0.39, 0.29) is 6.54 Å². The molecule has 0 bridgehead atoms. The van der Waals surface area contributed by atoms with Crippen molar-refractivity contribution in [3.8, 4) is 6.07 Å². The molecule has 1 aromatic rings. The quantitative estimate of drug-likeness (QED) is 0.734. The highest BCUT2D eigenvalue weighted by atomic mass is 16.2. The average molecular weight is 231 g/mol. The van der Waals surface area contributed by atoms with Gasteiger partial charge in [0.2, 0.25) is 0 Å². The Bertz CT molecular complexity index is 463. The molecule has 0 saturated carbocycles. The van der Waals surface area contributed by atoms with Crippen molar-refractivity contribution in [2.24, 2.45) is 0 Å². The van der Waals surface area contributed by atoms with Gasteiger partial charge in [-0.25, -0.2) is 0 Å². The monoisotopic (exact) mass is 231 g/mol. The van der Waals surface area contributed by atoms with Crippen molar-refractivity contribution in [2.75, 3.05) is 6.54 Å². The van der Waals surface area contributed by atoms with Gasteiger partial charge in [0.25, 0.3) is 0 Å². The third-order valence-electron chi connectivity index (χ3n) is 2.05. The number of amides is 2. The smallest absolute Gasteiger partial charge is 0.309 e. The van der Waals surface area contributed by atoms with Gasteiger partial charge in [-0.2, -0.15) is 5.26 Å². The van der Waals surface area contributed by atoms with E-state index in [0.29, 0.717) is 12.1 Å². The minimum Gasteiger partial charge on any atom is -0.348 e. The first-order valence-electron chi connectivity index (χ1n) is 5.22. The van der Waals surface area contributed by atoms with E-state index in [9.17, 15) is 9.59 Å². The predicted octanol–water partition coefficient (Wildman–Crippen LogP) is 0.311. The molecular weight excluding hydrogens is 218 g/mol. The van der Waals surface area contributed by atoms with Gasteiger partial charge in [-0.1, -0.05) is 12.1 Å². The van der Waals surface area contributed by atoms with Crippen molar-refractivity contribution in [2.45, 2.75) is 13.5 Å². The van der Waals surface area contributed by atoms with E-state index in [4.69, 9.17) is 5.26 Å². The van der Waals surface area contributed by atoms with Gasteiger partial charge in [-0.15, -0.1) is 0 Å². The van der Waals surface area contributed by atoms with Crippen LogP contribution in [0.2, 0.25) is 0 Å². The number of carbonyl (C=O) groups is 2. The molecule has 2 N–H and O–H groups in total. The van der Waals surface area contributed by atoms with Crippen molar-refractivity contribution >= 4 is 11.8 Å². The van der Waals surface area contributed by atoms with Gasteiger partial charge in [0.05, 0.1) is 11.6 Å². The molecule has 0 aliphatic heterocycles. The van der Waals surface area contributed by atoms with Crippen molar-refractivity contribution in [3.05, 3.63) is 35.4 Å². The number of likely N-dealkylation sites (N-methyl/N-ethyl adjacent to an activating group) is 1. The molecule has 1 aromatic carbocycles. The fourth-order valence-electron chi connectivity index (χ4n) is 1.25. The SMILES string of the molecule is CCNC(=O)C(=O)NCc1cccc(C#N)c1. The van der Waals surface area contributed by atoms with E-state index in [2.05, 4.69) is 10.6 Å². The zero-order valence-electron chi connectivity index (χ0n) is 9.49. The van der Waals surface area contributed by atoms with Crippen LogP contribution in [0.25, 0.3) is 0 Å². The van der Waals surface area contributed by atoms with Gasteiger partial charge in [-0.3, -0.25) is 9.59 Å². The predicted molar refractivity (Wildman–Crippen MR) is 61.7 cm³/mol. The Kier molecular flexibility index (Phi) is 4.70. The third-order valence-corrected chi connectivity index (χ3v) is 2.05. The van der Waals surface area contributed by atoms with E-state index >= 15 is 0 Å². The maximum atomic E-state index is 11.3. The average Bonchev–Trinajstić information content (AvgIpc) is 2.36. The molecule has 2 amide bonds. The molecule has 0 spiro atoms. The second-order valence-electron chi connectivity index (χ2n) is 3.35. The standard InChI is InChI=1S/C12H13N3O2/c1-2-14-11(16)12(17)15-8-10-5-3-4-9(6-10)7-13/h3-6H,2,8H2,1H3,(H,14,16)(H,15,17). The second-order valence-corrected chi connectivity index (χ2v) is 3.35. The summed E-state index contributed by atoms with van der Waals surface area (Å²) in [5.74, 6) is -1.32. The lowest BCUT2D eigenvalue weighted by atomic mass is 10.1. The van der Waals surface area contributed by atoms with Gasteiger partial charge < -0.3 is 10.6 Å². The first-order valence-corrected chi connectivity index (χ1v) is 5.22. The third kappa shape index (κ3) is 3.95. The lowest BCUT2D eigenvalue weighted by Gasteiger charge is -2.05. The molecular formula is C12H13N3O2. The second kappa shape index (κ2) is 6.28. The van der Waals surface area contributed by atoms with Crippen LogP contribution in [0.1, 0.15) is 18.1 Å². The van der Waals surface area contributed by atoms with Crippen molar-refractivity contribution in [3.63, 3.8) is 0 Å². The van der Waals surface area contributed by atoms with Crippen LogP contribution in [0.3, 0.4) is 0 Å². The summed E-state index contributed by atoms with van der Waals surface area (Å²) < 4.78 is 0. The number of hydrogen-bond donors (Lipinski definition) is 2.